The van der Waals surface area contributed by atoms with E-state index in [-0.39, 0.29) is 12.5 Å². The smallest absolute Gasteiger partial charge is 0.407 e. The number of carbonyl (C=O) groups excluding carboxylic acids is 2. The highest BCUT2D eigenvalue weighted by Crippen LogP contribution is 2.01. The summed E-state index contributed by atoms with van der Waals surface area (Å²) in [6.45, 7) is 1.40. The minimum atomic E-state index is -0.419. The van der Waals surface area contributed by atoms with Crippen LogP contribution in [0.2, 0.25) is 0 Å². The Hall–Kier alpha value is -2.82. The number of nitrogens with one attached hydrogen (secondary N) is 2. The van der Waals surface area contributed by atoms with Gasteiger partial charge in [-0.25, -0.2) is 4.79 Å². The van der Waals surface area contributed by atoms with E-state index in [1.807, 2.05) is 60.7 Å². The Balaban J connectivity index is 1.47. The third kappa shape index (κ3) is 8.01. The second-order valence-corrected chi connectivity index (χ2v) is 5.71. The van der Waals surface area contributed by atoms with Gasteiger partial charge >= 0.3 is 6.09 Å². The van der Waals surface area contributed by atoms with Crippen molar-refractivity contribution in [3.63, 3.8) is 0 Å². The number of rotatable bonds is 9. The number of hydrogen-bond donors (Lipinski definition) is 2. The topological polar surface area (TPSA) is 67.4 Å². The molecule has 0 radical (unpaired) electrons. The number of carbonyl (C=O) groups is 2. The maximum absolute atomic E-state index is 11.8. The lowest BCUT2D eigenvalue weighted by Crippen LogP contribution is -2.28. The van der Waals surface area contributed by atoms with Gasteiger partial charge in [-0.1, -0.05) is 60.7 Å². The molecule has 0 aliphatic rings. The first-order chi connectivity index (χ1) is 12.2. The fourth-order valence-electron chi connectivity index (χ4n) is 2.29. The Kier molecular flexibility index (Phi) is 8.05. The summed E-state index contributed by atoms with van der Waals surface area (Å²) in [7, 11) is 0. The maximum Gasteiger partial charge on any atom is 0.407 e. The van der Waals surface area contributed by atoms with Crippen LogP contribution in [0.25, 0.3) is 0 Å². The number of benzene rings is 2. The number of unbranched alkanes of at least 4 members (excludes halogenated alkanes) is 1. The Labute approximate surface area is 148 Å². The molecule has 2 rings (SSSR count). The molecular weight excluding hydrogens is 316 g/mol. The molecule has 5 heteroatoms. The van der Waals surface area contributed by atoms with Gasteiger partial charge in [-0.15, -0.1) is 0 Å². The van der Waals surface area contributed by atoms with Crippen molar-refractivity contribution in [3.05, 3.63) is 71.8 Å². The van der Waals surface area contributed by atoms with Crippen LogP contribution in [0.5, 0.6) is 0 Å². The van der Waals surface area contributed by atoms with E-state index < -0.39 is 6.09 Å². The van der Waals surface area contributed by atoms with Crippen molar-refractivity contribution < 1.29 is 14.3 Å². The van der Waals surface area contributed by atoms with Gasteiger partial charge in [0.2, 0.25) is 5.91 Å². The van der Waals surface area contributed by atoms with E-state index >= 15 is 0 Å². The van der Waals surface area contributed by atoms with Crippen LogP contribution in [0, 0.1) is 0 Å². The summed E-state index contributed by atoms with van der Waals surface area (Å²) in [4.78, 5) is 23.3. The molecule has 0 unspecified atom stereocenters. The van der Waals surface area contributed by atoms with Crippen LogP contribution in [0.15, 0.2) is 60.7 Å². The van der Waals surface area contributed by atoms with Gasteiger partial charge in [-0.05, 0) is 24.0 Å². The highest BCUT2D eigenvalue weighted by molar-refractivity contribution is 5.78. The van der Waals surface area contributed by atoms with Gasteiger partial charge in [-0.2, -0.15) is 0 Å². The third-order valence-electron chi connectivity index (χ3n) is 3.62. The molecule has 0 atom stereocenters. The second-order valence-electron chi connectivity index (χ2n) is 5.71. The van der Waals surface area contributed by atoms with E-state index in [9.17, 15) is 9.59 Å². The van der Waals surface area contributed by atoms with Crippen molar-refractivity contribution in [1.29, 1.82) is 0 Å². The molecule has 0 aromatic heterocycles. The minimum Gasteiger partial charge on any atom is -0.445 e. The van der Waals surface area contributed by atoms with E-state index in [0.29, 0.717) is 19.5 Å². The van der Waals surface area contributed by atoms with Crippen LogP contribution in [-0.2, 0) is 22.6 Å². The third-order valence-corrected chi connectivity index (χ3v) is 3.62. The average molecular weight is 340 g/mol. The Morgan fingerprint density at radius 2 is 1.32 bits per heavy atom. The molecule has 2 N–H and O–H groups in total. The molecule has 2 aromatic carbocycles. The van der Waals surface area contributed by atoms with Crippen molar-refractivity contribution in [2.24, 2.45) is 0 Å². The summed E-state index contributed by atoms with van der Waals surface area (Å²) in [6.07, 6.45) is 1.56. The molecule has 5 nitrogen and oxygen atoms in total. The summed E-state index contributed by atoms with van der Waals surface area (Å²) >= 11 is 0. The van der Waals surface area contributed by atoms with Crippen LogP contribution in [0.1, 0.15) is 24.0 Å². The van der Waals surface area contributed by atoms with Gasteiger partial charge in [0.1, 0.15) is 6.61 Å². The first-order valence-corrected chi connectivity index (χ1v) is 8.49. The monoisotopic (exact) mass is 340 g/mol. The van der Waals surface area contributed by atoms with Crippen molar-refractivity contribution in [2.45, 2.75) is 25.9 Å². The van der Waals surface area contributed by atoms with Gasteiger partial charge in [0.05, 0.1) is 6.42 Å². The largest absolute Gasteiger partial charge is 0.445 e. The Morgan fingerprint density at radius 1 is 0.760 bits per heavy atom. The normalized spacial score (nSPS) is 10.1. The zero-order valence-electron chi connectivity index (χ0n) is 14.2. The van der Waals surface area contributed by atoms with E-state index in [0.717, 1.165) is 24.0 Å². The van der Waals surface area contributed by atoms with Crippen molar-refractivity contribution >= 4 is 12.0 Å². The van der Waals surface area contributed by atoms with Crippen LogP contribution < -0.4 is 10.6 Å². The van der Waals surface area contributed by atoms with Crippen LogP contribution in [0.3, 0.4) is 0 Å². The first kappa shape index (κ1) is 18.5. The molecule has 0 saturated carbocycles. The summed E-state index contributed by atoms with van der Waals surface area (Å²) in [6, 6.07) is 19.2. The molecule has 0 heterocycles. The molecule has 25 heavy (non-hydrogen) atoms. The quantitative estimate of drug-likeness (QED) is 0.690. The molecular formula is C20H24N2O3. The average Bonchev–Trinajstić information content (AvgIpc) is 2.64. The number of ether oxygens (including phenoxy) is 1. The highest BCUT2D eigenvalue weighted by Gasteiger charge is 2.03. The number of alkyl carbamates (subject to hydrolysis) is 1. The standard InChI is InChI=1S/C20H24N2O3/c23-19(15-17-9-3-1-4-10-17)21-13-7-8-14-22-20(24)25-16-18-11-5-2-6-12-18/h1-6,9-12H,7-8,13-16H2,(H,21,23)(H,22,24). The van der Waals surface area contributed by atoms with Crippen molar-refractivity contribution in [3.8, 4) is 0 Å². The first-order valence-electron chi connectivity index (χ1n) is 8.49. The lowest BCUT2D eigenvalue weighted by atomic mass is 10.1. The highest BCUT2D eigenvalue weighted by atomic mass is 16.5. The lowest BCUT2D eigenvalue weighted by molar-refractivity contribution is -0.120. The maximum atomic E-state index is 11.8. The molecule has 0 saturated heterocycles. The second kappa shape index (κ2) is 10.9. The minimum absolute atomic E-state index is 0.0152. The molecule has 132 valence electrons. The van der Waals surface area contributed by atoms with Crippen LogP contribution >= 0.6 is 0 Å². The summed E-state index contributed by atoms with van der Waals surface area (Å²) < 4.78 is 5.12. The molecule has 0 aliphatic carbocycles. The molecule has 0 spiro atoms. The Bertz CT molecular complexity index is 645. The van der Waals surface area contributed by atoms with Gasteiger partial charge in [0.15, 0.2) is 0 Å². The number of amides is 2. The fraction of sp³-hybridized carbons (Fsp3) is 0.300. The number of hydrogen-bond acceptors (Lipinski definition) is 3. The van der Waals surface area contributed by atoms with Crippen molar-refractivity contribution in [2.75, 3.05) is 13.1 Å². The predicted octanol–water partition coefficient (Wildman–Crippen LogP) is 3.05. The molecule has 2 aromatic rings. The van der Waals surface area contributed by atoms with E-state index in [4.69, 9.17) is 4.74 Å². The SMILES string of the molecule is O=C(Cc1ccccc1)NCCCCNC(=O)OCc1ccccc1. The van der Waals surface area contributed by atoms with Gasteiger partial charge in [-0.3, -0.25) is 4.79 Å². The Morgan fingerprint density at radius 3 is 1.96 bits per heavy atom. The zero-order chi connectivity index (χ0) is 17.7. The van der Waals surface area contributed by atoms with Gasteiger partial charge in [0, 0.05) is 13.1 Å². The van der Waals surface area contributed by atoms with Crippen molar-refractivity contribution in [1.82, 2.24) is 10.6 Å². The van der Waals surface area contributed by atoms with Crippen LogP contribution in [0.4, 0.5) is 4.79 Å². The van der Waals surface area contributed by atoms with Gasteiger partial charge < -0.3 is 15.4 Å². The summed E-state index contributed by atoms with van der Waals surface area (Å²) in [5.41, 5.74) is 1.96. The summed E-state index contributed by atoms with van der Waals surface area (Å²) in [5.74, 6) is 0.0152. The van der Waals surface area contributed by atoms with E-state index in [1.165, 1.54) is 0 Å². The van der Waals surface area contributed by atoms with E-state index in [2.05, 4.69) is 10.6 Å². The summed E-state index contributed by atoms with van der Waals surface area (Å²) in [5, 5.41) is 5.59. The van der Waals surface area contributed by atoms with Gasteiger partial charge in [0.25, 0.3) is 0 Å². The van der Waals surface area contributed by atoms with E-state index in [1.54, 1.807) is 0 Å². The molecule has 0 bridgehead atoms. The molecule has 2 amide bonds. The molecule has 0 aliphatic heterocycles. The molecule has 0 fully saturated rings. The lowest BCUT2D eigenvalue weighted by Gasteiger charge is -2.08. The zero-order valence-corrected chi connectivity index (χ0v) is 14.2. The fourth-order valence-corrected chi connectivity index (χ4v) is 2.29. The predicted molar refractivity (Wildman–Crippen MR) is 97.0 cm³/mol. The van der Waals surface area contributed by atoms with Crippen LogP contribution in [-0.4, -0.2) is 25.1 Å².